The van der Waals surface area contributed by atoms with Gasteiger partial charge in [-0.3, -0.25) is 9.59 Å². The standard InChI is InChI=1S/C14H18N2O2/c1-11-7-3-4-8-12(11)15-13(17)14(18)16-9-5-2-6-10-16/h3-4,7-8H,2,5-6,9-10H2,1H3,(H,15,17). The Morgan fingerprint density at radius 3 is 2.44 bits per heavy atom. The Bertz CT molecular complexity index is 451. The first-order valence-corrected chi connectivity index (χ1v) is 6.34. The number of anilines is 1. The van der Waals surface area contributed by atoms with Gasteiger partial charge in [0.1, 0.15) is 0 Å². The zero-order valence-electron chi connectivity index (χ0n) is 10.6. The van der Waals surface area contributed by atoms with E-state index in [1.807, 2.05) is 25.1 Å². The Hall–Kier alpha value is -1.84. The summed E-state index contributed by atoms with van der Waals surface area (Å²) in [5.41, 5.74) is 1.66. The summed E-state index contributed by atoms with van der Waals surface area (Å²) in [5.74, 6) is -0.954. The van der Waals surface area contributed by atoms with Crippen LogP contribution in [0.5, 0.6) is 0 Å². The van der Waals surface area contributed by atoms with Gasteiger partial charge in [0, 0.05) is 18.8 Å². The minimum absolute atomic E-state index is 0.419. The highest BCUT2D eigenvalue weighted by Crippen LogP contribution is 2.14. The van der Waals surface area contributed by atoms with Crippen LogP contribution in [0, 0.1) is 6.92 Å². The Morgan fingerprint density at radius 2 is 1.78 bits per heavy atom. The summed E-state index contributed by atoms with van der Waals surface area (Å²) >= 11 is 0. The first-order valence-electron chi connectivity index (χ1n) is 6.34. The van der Waals surface area contributed by atoms with Crippen molar-refractivity contribution in [2.24, 2.45) is 0 Å². The van der Waals surface area contributed by atoms with Crippen LogP contribution in [0.15, 0.2) is 24.3 Å². The van der Waals surface area contributed by atoms with E-state index in [9.17, 15) is 9.59 Å². The van der Waals surface area contributed by atoms with Crippen LogP contribution in [-0.2, 0) is 9.59 Å². The summed E-state index contributed by atoms with van der Waals surface area (Å²) < 4.78 is 0. The van der Waals surface area contributed by atoms with Crippen molar-refractivity contribution < 1.29 is 9.59 Å². The van der Waals surface area contributed by atoms with Gasteiger partial charge in [-0.15, -0.1) is 0 Å². The first-order chi connectivity index (χ1) is 8.68. The lowest BCUT2D eigenvalue weighted by Crippen LogP contribution is -2.42. The van der Waals surface area contributed by atoms with Crippen molar-refractivity contribution in [2.45, 2.75) is 26.2 Å². The smallest absolute Gasteiger partial charge is 0.313 e. The lowest BCUT2D eigenvalue weighted by atomic mass is 10.1. The molecule has 0 aliphatic carbocycles. The molecule has 1 aliphatic rings. The maximum atomic E-state index is 11.9. The van der Waals surface area contributed by atoms with Crippen LogP contribution in [0.2, 0.25) is 0 Å². The molecule has 0 spiro atoms. The maximum absolute atomic E-state index is 11.9. The van der Waals surface area contributed by atoms with Gasteiger partial charge in [0.05, 0.1) is 0 Å². The highest BCUT2D eigenvalue weighted by Gasteiger charge is 2.23. The third-order valence-corrected chi connectivity index (χ3v) is 3.23. The molecule has 2 rings (SSSR count). The molecule has 1 aliphatic heterocycles. The number of nitrogens with one attached hydrogen (secondary N) is 1. The van der Waals surface area contributed by atoms with Gasteiger partial charge in [-0.1, -0.05) is 18.2 Å². The van der Waals surface area contributed by atoms with E-state index < -0.39 is 11.8 Å². The molecule has 1 heterocycles. The number of likely N-dealkylation sites (tertiary alicyclic amines) is 1. The number of piperidine rings is 1. The summed E-state index contributed by atoms with van der Waals surface area (Å²) in [6.45, 7) is 3.29. The number of hydrogen-bond acceptors (Lipinski definition) is 2. The zero-order valence-corrected chi connectivity index (χ0v) is 10.6. The number of rotatable bonds is 1. The fourth-order valence-corrected chi connectivity index (χ4v) is 2.13. The first kappa shape index (κ1) is 12.6. The fourth-order valence-electron chi connectivity index (χ4n) is 2.13. The van der Waals surface area contributed by atoms with Gasteiger partial charge in [0.15, 0.2) is 0 Å². The topological polar surface area (TPSA) is 49.4 Å². The Morgan fingerprint density at radius 1 is 1.11 bits per heavy atom. The van der Waals surface area contributed by atoms with Crippen molar-refractivity contribution in [3.05, 3.63) is 29.8 Å². The summed E-state index contributed by atoms with van der Waals surface area (Å²) in [6.07, 6.45) is 3.12. The van der Waals surface area contributed by atoms with Crippen molar-refractivity contribution in [1.82, 2.24) is 4.90 Å². The molecule has 0 aromatic heterocycles. The molecule has 1 fully saturated rings. The molecule has 1 saturated heterocycles. The van der Waals surface area contributed by atoms with Crippen LogP contribution < -0.4 is 5.32 Å². The van der Waals surface area contributed by atoms with E-state index in [4.69, 9.17) is 0 Å². The molecule has 1 aromatic rings. The summed E-state index contributed by atoms with van der Waals surface area (Å²) in [6, 6.07) is 7.45. The molecule has 0 saturated carbocycles. The van der Waals surface area contributed by atoms with Gasteiger partial charge in [-0.2, -0.15) is 0 Å². The normalized spacial score (nSPS) is 15.3. The van der Waals surface area contributed by atoms with Crippen molar-refractivity contribution in [1.29, 1.82) is 0 Å². The highest BCUT2D eigenvalue weighted by molar-refractivity contribution is 6.39. The van der Waals surface area contributed by atoms with Crippen molar-refractivity contribution in [3.63, 3.8) is 0 Å². The van der Waals surface area contributed by atoms with E-state index in [1.54, 1.807) is 11.0 Å². The predicted molar refractivity (Wildman–Crippen MR) is 70.2 cm³/mol. The van der Waals surface area contributed by atoms with Crippen LogP contribution >= 0.6 is 0 Å². The molecular formula is C14H18N2O2. The number of carbonyl (C=O) groups is 2. The molecule has 1 N–H and O–H groups in total. The maximum Gasteiger partial charge on any atom is 0.313 e. The van der Waals surface area contributed by atoms with Crippen LogP contribution in [-0.4, -0.2) is 29.8 Å². The SMILES string of the molecule is Cc1ccccc1NC(=O)C(=O)N1CCCCC1. The third kappa shape index (κ3) is 2.88. The number of amides is 2. The Kier molecular flexibility index (Phi) is 3.97. The van der Waals surface area contributed by atoms with Gasteiger partial charge in [0.25, 0.3) is 0 Å². The number of nitrogens with zero attached hydrogens (tertiary/aromatic N) is 1. The van der Waals surface area contributed by atoms with E-state index >= 15 is 0 Å². The van der Waals surface area contributed by atoms with Gasteiger partial charge in [-0.05, 0) is 37.8 Å². The molecule has 2 amide bonds. The van der Waals surface area contributed by atoms with Gasteiger partial charge in [-0.25, -0.2) is 0 Å². The molecule has 0 unspecified atom stereocenters. The number of para-hydroxylation sites is 1. The van der Waals surface area contributed by atoms with E-state index in [-0.39, 0.29) is 0 Å². The minimum Gasteiger partial charge on any atom is -0.334 e. The van der Waals surface area contributed by atoms with E-state index in [0.29, 0.717) is 18.8 Å². The molecule has 18 heavy (non-hydrogen) atoms. The predicted octanol–water partition coefficient (Wildman–Crippen LogP) is 1.95. The molecule has 0 radical (unpaired) electrons. The Labute approximate surface area is 107 Å². The van der Waals surface area contributed by atoms with Crippen LogP contribution in [0.3, 0.4) is 0 Å². The molecule has 4 heteroatoms. The highest BCUT2D eigenvalue weighted by atomic mass is 16.2. The van der Waals surface area contributed by atoms with E-state index in [2.05, 4.69) is 5.32 Å². The lowest BCUT2D eigenvalue weighted by molar-refractivity contribution is -0.143. The quantitative estimate of drug-likeness (QED) is 0.770. The second-order valence-corrected chi connectivity index (χ2v) is 4.62. The molecular weight excluding hydrogens is 228 g/mol. The lowest BCUT2D eigenvalue weighted by Gasteiger charge is -2.26. The molecule has 0 atom stereocenters. The second kappa shape index (κ2) is 5.67. The van der Waals surface area contributed by atoms with Gasteiger partial charge < -0.3 is 10.2 Å². The van der Waals surface area contributed by atoms with Gasteiger partial charge >= 0.3 is 11.8 Å². The molecule has 1 aromatic carbocycles. The second-order valence-electron chi connectivity index (χ2n) is 4.62. The summed E-state index contributed by atoms with van der Waals surface area (Å²) in [5, 5.41) is 2.68. The minimum atomic E-state index is -0.536. The average molecular weight is 246 g/mol. The van der Waals surface area contributed by atoms with Crippen molar-refractivity contribution >= 4 is 17.5 Å². The molecule has 4 nitrogen and oxygen atoms in total. The third-order valence-electron chi connectivity index (χ3n) is 3.23. The average Bonchev–Trinajstić information content (AvgIpc) is 2.41. The summed E-state index contributed by atoms with van der Waals surface area (Å²) in [4.78, 5) is 25.4. The fraction of sp³-hybridized carbons (Fsp3) is 0.429. The summed E-state index contributed by atoms with van der Waals surface area (Å²) in [7, 11) is 0. The van der Waals surface area contributed by atoms with E-state index in [1.165, 1.54) is 0 Å². The monoisotopic (exact) mass is 246 g/mol. The van der Waals surface area contributed by atoms with E-state index in [0.717, 1.165) is 24.8 Å². The van der Waals surface area contributed by atoms with Crippen molar-refractivity contribution in [2.75, 3.05) is 18.4 Å². The van der Waals surface area contributed by atoms with Crippen LogP contribution in [0.4, 0.5) is 5.69 Å². The van der Waals surface area contributed by atoms with Crippen LogP contribution in [0.1, 0.15) is 24.8 Å². The number of hydrogen-bond donors (Lipinski definition) is 1. The molecule has 96 valence electrons. The Balaban J connectivity index is 1.99. The van der Waals surface area contributed by atoms with Crippen LogP contribution in [0.25, 0.3) is 0 Å². The van der Waals surface area contributed by atoms with Gasteiger partial charge in [0.2, 0.25) is 0 Å². The zero-order chi connectivity index (χ0) is 13.0. The van der Waals surface area contributed by atoms with Crippen molar-refractivity contribution in [3.8, 4) is 0 Å². The largest absolute Gasteiger partial charge is 0.334 e. The number of aryl methyl sites for hydroxylation is 1. The number of benzene rings is 1. The molecule has 0 bridgehead atoms. The number of carbonyl (C=O) groups excluding carboxylic acids is 2.